The molecule has 0 atom stereocenters. The van der Waals surface area contributed by atoms with E-state index in [1.54, 1.807) is 0 Å². The Morgan fingerprint density at radius 2 is 1.80 bits per heavy atom. The number of rotatable bonds is 5. The highest BCUT2D eigenvalue weighted by atomic mass is 16.5. The van der Waals surface area contributed by atoms with Gasteiger partial charge in [0.15, 0.2) is 0 Å². The molecular formula is C25H26N4O. The summed E-state index contributed by atoms with van der Waals surface area (Å²) in [5.74, 6) is 0.878. The minimum Gasteiger partial charge on any atom is -0.494 e. The van der Waals surface area contributed by atoms with E-state index in [1.807, 2.05) is 37.4 Å². The molecule has 2 N–H and O–H groups in total. The topological polar surface area (TPSA) is 55.8 Å². The van der Waals surface area contributed by atoms with E-state index in [0.717, 1.165) is 54.4 Å². The fraction of sp³-hybridized carbons (Fsp3) is 0.240. The van der Waals surface area contributed by atoms with Crippen LogP contribution in [0.2, 0.25) is 0 Å². The highest BCUT2D eigenvalue weighted by molar-refractivity contribution is 5.68. The van der Waals surface area contributed by atoms with Gasteiger partial charge in [-0.15, -0.1) is 0 Å². The average molecular weight is 399 g/mol. The Morgan fingerprint density at radius 3 is 2.60 bits per heavy atom. The first kappa shape index (κ1) is 18.7. The molecule has 2 aromatic carbocycles. The fourth-order valence-corrected chi connectivity index (χ4v) is 4.27. The Labute approximate surface area is 176 Å². The Morgan fingerprint density at radius 1 is 1.00 bits per heavy atom. The average Bonchev–Trinajstić information content (AvgIpc) is 3.12. The molecule has 1 aliphatic heterocycles. The number of benzene rings is 2. The molecule has 0 saturated carbocycles. The molecule has 5 rings (SSSR count). The number of nitrogens with two attached hydrogens (primary N) is 1. The maximum atomic E-state index is 6.11. The lowest BCUT2D eigenvalue weighted by Gasteiger charge is -2.28. The third-order valence-electron chi connectivity index (χ3n) is 5.76. The molecule has 1 aliphatic rings. The second-order valence-corrected chi connectivity index (χ2v) is 7.78. The van der Waals surface area contributed by atoms with Crippen LogP contribution in [0.5, 0.6) is 5.75 Å². The quantitative estimate of drug-likeness (QED) is 0.536. The predicted molar refractivity (Wildman–Crippen MR) is 120 cm³/mol. The van der Waals surface area contributed by atoms with E-state index in [9.17, 15) is 0 Å². The summed E-state index contributed by atoms with van der Waals surface area (Å²) < 4.78 is 7.75. The third-order valence-corrected chi connectivity index (χ3v) is 5.76. The second kappa shape index (κ2) is 7.84. The van der Waals surface area contributed by atoms with Crippen LogP contribution >= 0.6 is 0 Å². The molecule has 152 valence electrons. The zero-order valence-corrected chi connectivity index (χ0v) is 17.2. The predicted octanol–water partition coefficient (Wildman–Crippen LogP) is 4.54. The Kier molecular flexibility index (Phi) is 4.89. The van der Waals surface area contributed by atoms with Crippen molar-refractivity contribution < 1.29 is 4.74 Å². The summed E-state index contributed by atoms with van der Waals surface area (Å²) in [6, 6.07) is 20.8. The van der Waals surface area contributed by atoms with Crippen molar-refractivity contribution in [3.8, 4) is 17.0 Å². The van der Waals surface area contributed by atoms with Crippen molar-refractivity contribution in [2.24, 2.45) is 0 Å². The number of hydrogen-bond donors (Lipinski definition) is 1. The fourth-order valence-electron chi connectivity index (χ4n) is 4.27. The van der Waals surface area contributed by atoms with Gasteiger partial charge in [-0.25, -0.2) is 4.98 Å². The van der Waals surface area contributed by atoms with E-state index < -0.39 is 0 Å². The molecule has 2 aromatic heterocycles. The molecule has 0 spiro atoms. The van der Waals surface area contributed by atoms with Gasteiger partial charge in [-0.05, 0) is 60.9 Å². The van der Waals surface area contributed by atoms with Crippen molar-refractivity contribution >= 4 is 11.3 Å². The van der Waals surface area contributed by atoms with Crippen LogP contribution in [0.25, 0.3) is 16.9 Å². The minimum atomic E-state index is 0.661. The van der Waals surface area contributed by atoms with E-state index >= 15 is 0 Å². The van der Waals surface area contributed by atoms with E-state index in [4.69, 9.17) is 15.5 Å². The summed E-state index contributed by atoms with van der Waals surface area (Å²) >= 11 is 0. The van der Waals surface area contributed by atoms with Crippen LogP contribution in [0.1, 0.15) is 23.7 Å². The van der Waals surface area contributed by atoms with Crippen LogP contribution in [0, 0.1) is 0 Å². The molecule has 0 bridgehead atoms. The molecule has 4 aromatic rings. The SMILES string of the molecule is CCOc1ccc(-c2nc3ccc(N)cn3c2CN2CCc3ccccc3C2)cc1. The van der Waals surface area contributed by atoms with Crippen LogP contribution in [0.15, 0.2) is 66.9 Å². The van der Waals surface area contributed by atoms with Gasteiger partial charge in [0, 0.05) is 37.1 Å². The zero-order valence-electron chi connectivity index (χ0n) is 17.2. The summed E-state index contributed by atoms with van der Waals surface area (Å²) in [5, 5.41) is 0. The van der Waals surface area contributed by atoms with Gasteiger partial charge in [0.2, 0.25) is 0 Å². The number of nitrogens with zero attached hydrogens (tertiary/aromatic N) is 3. The van der Waals surface area contributed by atoms with E-state index in [1.165, 1.54) is 16.8 Å². The first-order valence-electron chi connectivity index (χ1n) is 10.5. The summed E-state index contributed by atoms with van der Waals surface area (Å²) in [4.78, 5) is 7.44. The van der Waals surface area contributed by atoms with Gasteiger partial charge in [0.1, 0.15) is 11.4 Å². The number of aromatic nitrogens is 2. The van der Waals surface area contributed by atoms with E-state index in [0.29, 0.717) is 6.61 Å². The van der Waals surface area contributed by atoms with Gasteiger partial charge in [-0.2, -0.15) is 0 Å². The van der Waals surface area contributed by atoms with Gasteiger partial charge in [0.05, 0.1) is 18.0 Å². The maximum absolute atomic E-state index is 6.11. The van der Waals surface area contributed by atoms with Gasteiger partial charge in [-0.3, -0.25) is 4.90 Å². The molecule has 3 heterocycles. The first-order chi connectivity index (χ1) is 14.7. The van der Waals surface area contributed by atoms with Crippen molar-refractivity contribution in [2.75, 3.05) is 18.9 Å². The van der Waals surface area contributed by atoms with Crippen LogP contribution < -0.4 is 10.5 Å². The number of ether oxygens (including phenoxy) is 1. The molecule has 5 heteroatoms. The molecule has 0 aliphatic carbocycles. The van der Waals surface area contributed by atoms with Gasteiger partial charge < -0.3 is 14.9 Å². The van der Waals surface area contributed by atoms with Crippen molar-refractivity contribution in [1.82, 2.24) is 14.3 Å². The lowest BCUT2D eigenvalue weighted by atomic mass is 9.99. The maximum Gasteiger partial charge on any atom is 0.137 e. The summed E-state index contributed by atoms with van der Waals surface area (Å²) in [7, 11) is 0. The normalized spacial score (nSPS) is 14.0. The number of pyridine rings is 1. The number of fused-ring (bicyclic) bond motifs is 2. The summed E-state index contributed by atoms with van der Waals surface area (Å²) in [5.41, 5.74) is 13.9. The number of anilines is 1. The lowest BCUT2D eigenvalue weighted by molar-refractivity contribution is 0.242. The number of nitrogen functional groups attached to an aromatic ring is 1. The monoisotopic (exact) mass is 398 g/mol. The largest absolute Gasteiger partial charge is 0.494 e. The summed E-state index contributed by atoms with van der Waals surface area (Å²) in [6.07, 6.45) is 3.06. The van der Waals surface area contributed by atoms with Crippen LogP contribution in [-0.2, 0) is 19.5 Å². The standard InChI is InChI=1S/C25H26N4O/c1-2-30-22-10-7-19(8-11-22)25-23(29-16-21(26)9-12-24(29)27-25)17-28-14-13-18-5-3-4-6-20(18)15-28/h3-12,16H,2,13-15,17,26H2,1H3. The van der Waals surface area contributed by atoms with Crippen molar-refractivity contribution in [2.45, 2.75) is 26.4 Å². The lowest BCUT2D eigenvalue weighted by Crippen LogP contribution is -2.30. The van der Waals surface area contributed by atoms with Crippen molar-refractivity contribution in [3.63, 3.8) is 0 Å². The molecular weight excluding hydrogens is 372 g/mol. The van der Waals surface area contributed by atoms with Crippen molar-refractivity contribution in [3.05, 3.63) is 83.7 Å². The molecule has 0 radical (unpaired) electrons. The Hall–Kier alpha value is -3.31. The molecule has 5 nitrogen and oxygen atoms in total. The summed E-state index contributed by atoms with van der Waals surface area (Å²) in [6.45, 7) is 5.47. The zero-order chi connectivity index (χ0) is 20.5. The number of hydrogen-bond acceptors (Lipinski definition) is 4. The molecule has 0 fully saturated rings. The van der Waals surface area contributed by atoms with Gasteiger partial charge in [-0.1, -0.05) is 24.3 Å². The van der Waals surface area contributed by atoms with E-state index in [2.05, 4.69) is 45.7 Å². The first-order valence-corrected chi connectivity index (χ1v) is 10.5. The van der Waals surface area contributed by atoms with Crippen molar-refractivity contribution in [1.29, 1.82) is 0 Å². The minimum absolute atomic E-state index is 0.661. The van der Waals surface area contributed by atoms with Crippen LogP contribution in [-0.4, -0.2) is 27.4 Å². The molecule has 0 amide bonds. The Balaban J connectivity index is 1.53. The molecule has 0 saturated heterocycles. The second-order valence-electron chi connectivity index (χ2n) is 7.78. The van der Waals surface area contributed by atoms with Gasteiger partial charge in [0.25, 0.3) is 0 Å². The highest BCUT2D eigenvalue weighted by Crippen LogP contribution is 2.29. The van der Waals surface area contributed by atoms with Crippen LogP contribution in [0.4, 0.5) is 5.69 Å². The molecule has 0 unspecified atom stereocenters. The smallest absolute Gasteiger partial charge is 0.137 e. The Bertz CT molecular complexity index is 1180. The van der Waals surface area contributed by atoms with E-state index in [-0.39, 0.29) is 0 Å². The molecule has 30 heavy (non-hydrogen) atoms. The third kappa shape index (κ3) is 3.53. The highest BCUT2D eigenvalue weighted by Gasteiger charge is 2.21. The number of imidazole rings is 1. The van der Waals surface area contributed by atoms with Gasteiger partial charge >= 0.3 is 0 Å². The van der Waals surface area contributed by atoms with Crippen LogP contribution in [0.3, 0.4) is 0 Å².